The summed E-state index contributed by atoms with van der Waals surface area (Å²) in [6.07, 6.45) is 2.03. The number of hydrogen-bond acceptors (Lipinski definition) is 3. The molecule has 2 atom stereocenters. The van der Waals surface area contributed by atoms with Crippen LogP contribution < -0.4 is 9.64 Å². The molecule has 0 aromatic heterocycles. The van der Waals surface area contributed by atoms with Crippen LogP contribution in [0.2, 0.25) is 0 Å². The molecule has 0 radical (unpaired) electrons. The topological polar surface area (TPSA) is 40.0 Å². The average Bonchev–Trinajstić information content (AvgIpc) is 2.48. The molecule has 0 amide bonds. The second kappa shape index (κ2) is 7.80. The predicted octanol–water partition coefficient (Wildman–Crippen LogP) is 1.82. The Morgan fingerprint density at radius 2 is 2.29 bits per heavy atom. The summed E-state index contributed by atoms with van der Waals surface area (Å²) in [5.41, 5.74) is 1.25. The molecule has 0 saturated carbocycles. The summed E-state index contributed by atoms with van der Waals surface area (Å²) in [6.45, 7) is 5.23. The summed E-state index contributed by atoms with van der Waals surface area (Å²) >= 11 is 3.52. The minimum atomic E-state index is -0.0365. The van der Waals surface area contributed by atoms with E-state index in [2.05, 4.69) is 28.1 Å². The maximum atomic E-state index is 11.9. The van der Waals surface area contributed by atoms with Gasteiger partial charge in [0.05, 0.1) is 31.3 Å². The largest absolute Gasteiger partial charge is 0.496 e. The number of methoxy groups -OCH3 is 1. The number of esters is 1. The lowest BCUT2D eigenvalue weighted by Gasteiger charge is -2.28. The van der Waals surface area contributed by atoms with E-state index in [1.54, 1.807) is 7.11 Å². The molecular formula is C16H23BrNO3+. The van der Waals surface area contributed by atoms with Crippen LogP contribution in [-0.4, -0.2) is 32.8 Å². The highest BCUT2D eigenvalue weighted by molar-refractivity contribution is 9.10. The van der Waals surface area contributed by atoms with E-state index in [1.165, 1.54) is 10.5 Å². The average molecular weight is 357 g/mol. The van der Waals surface area contributed by atoms with Gasteiger partial charge in [-0.1, -0.05) is 0 Å². The number of halogens is 1. The third-order valence-electron chi connectivity index (χ3n) is 3.91. The van der Waals surface area contributed by atoms with Crippen molar-refractivity contribution in [3.8, 4) is 5.75 Å². The van der Waals surface area contributed by atoms with Crippen molar-refractivity contribution in [3.63, 3.8) is 0 Å². The van der Waals surface area contributed by atoms with Gasteiger partial charge in [-0.25, -0.2) is 0 Å². The Balaban J connectivity index is 1.96. The highest BCUT2D eigenvalue weighted by Crippen LogP contribution is 2.25. The van der Waals surface area contributed by atoms with Gasteiger partial charge in [0, 0.05) is 5.56 Å². The van der Waals surface area contributed by atoms with Gasteiger partial charge in [-0.2, -0.15) is 0 Å². The fourth-order valence-electron chi connectivity index (χ4n) is 2.88. The zero-order chi connectivity index (χ0) is 15.2. The van der Waals surface area contributed by atoms with Gasteiger partial charge in [-0.3, -0.25) is 4.79 Å². The van der Waals surface area contributed by atoms with Gasteiger partial charge >= 0.3 is 5.97 Å². The van der Waals surface area contributed by atoms with Crippen molar-refractivity contribution >= 4 is 21.9 Å². The number of carbonyl (C=O) groups excluding carboxylic acids is 1. The molecule has 0 bridgehead atoms. The number of hydrogen-bond donors (Lipinski definition) is 1. The summed E-state index contributed by atoms with van der Waals surface area (Å²) in [4.78, 5) is 13.3. The van der Waals surface area contributed by atoms with Crippen LogP contribution in [0.25, 0.3) is 0 Å². The number of nitrogens with one attached hydrogen (secondary N) is 1. The first-order valence-corrected chi connectivity index (χ1v) is 8.26. The maximum absolute atomic E-state index is 11.9. The molecule has 21 heavy (non-hydrogen) atoms. The van der Waals surface area contributed by atoms with Crippen molar-refractivity contribution in [3.05, 3.63) is 28.2 Å². The quantitative estimate of drug-likeness (QED) is 0.818. The summed E-state index contributed by atoms with van der Waals surface area (Å²) in [5, 5.41) is 0. The lowest BCUT2D eigenvalue weighted by atomic mass is 9.97. The molecular weight excluding hydrogens is 334 g/mol. The van der Waals surface area contributed by atoms with Crippen molar-refractivity contribution in [2.24, 2.45) is 5.92 Å². The highest BCUT2D eigenvalue weighted by atomic mass is 79.9. The fraction of sp³-hybridized carbons (Fsp3) is 0.562. The van der Waals surface area contributed by atoms with Crippen LogP contribution in [0, 0.1) is 5.92 Å². The number of piperidine rings is 1. The second-order valence-corrected chi connectivity index (χ2v) is 6.30. The predicted molar refractivity (Wildman–Crippen MR) is 84.5 cm³/mol. The smallest absolute Gasteiger partial charge is 0.314 e. The SMILES string of the molecule is CCOC(=O)[C@@H]1CCC[NH+](Cc2ccc(OC)c(Br)c2)C1. The van der Waals surface area contributed by atoms with E-state index in [4.69, 9.17) is 9.47 Å². The number of likely N-dealkylation sites (tertiary alicyclic amines) is 1. The summed E-state index contributed by atoms with van der Waals surface area (Å²) in [5.74, 6) is 0.859. The molecule has 1 heterocycles. The van der Waals surface area contributed by atoms with Crippen molar-refractivity contribution < 1.29 is 19.2 Å². The van der Waals surface area contributed by atoms with Gasteiger partial charge in [-0.15, -0.1) is 0 Å². The third-order valence-corrected chi connectivity index (χ3v) is 4.53. The van der Waals surface area contributed by atoms with E-state index in [0.717, 1.165) is 42.7 Å². The number of benzene rings is 1. The van der Waals surface area contributed by atoms with Crippen LogP contribution in [-0.2, 0) is 16.1 Å². The Bertz CT molecular complexity index is 492. The molecule has 2 rings (SSSR count). The fourth-order valence-corrected chi connectivity index (χ4v) is 3.47. The van der Waals surface area contributed by atoms with Crippen LogP contribution in [0.15, 0.2) is 22.7 Å². The number of rotatable bonds is 5. The zero-order valence-corrected chi connectivity index (χ0v) is 14.2. The van der Waals surface area contributed by atoms with Gasteiger partial charge in [0.15, 0.2) is 0 Å². The lowest BCUT2D eigenvalue weighted by molar-refractivity contribution is -0.921. The lowest BCUT2D eigenvalue weighted by Crippen LogP contribution is -3.12. The highest BCUT2D eigenvalue weighted by Gasteiger charge is 2.29. The van der Waals surface area contributed by atoms with Crippen LogP contribution in [0.3, 0.4) is 0 Å². The minimum Gasteiger partial charge on any atom is -0.496 e. The van der Waals surface area contributed by atoms with Crippen LogP contribution >= 0.6 is 15.9 Å². The molecule has 0 spiro atoms. The number of quaternary nitrogens is 1. The van der Waals surface area contributed by atoms with Crippen molar-refractivity contribution in [2.45, 2.75) is 26.3 Å². The molecule has 4 nitrogen and oxygen atoms in total. The number of carbonyl (C=O) groups is 1. The molecule has 1 N–H and O–H groups in total. The van der Waals surface area contributed by atoms with E-state index >= 15 is 0 Å². The Morgan fingerprint density at radius 3 is 2.95 bits per heavy atom. The molecule has 1 aliphatic heterocycles. The first-order chi connectivity index (χ1) is 10.1. The third kappa shape index (κ3) is 4.45. The summed E-state index contributed by atoms with van der Waals surface area (Å²) in [7, 11) is 1.67. The monoisotopic (exact) mass is 356 g/mol. The second-order valence-electron chi connectivity index (χ2n) is 5.44. The molecule has 1 unspecified atom stereocenters. The van der Waals surface area contributed by atoms with E-state index in [1.807, 2.05) is 13.0 Å². The van der Waals surface area contributed by atoms with Crippen LogP contribution in [0.1, 0.15) is 25.3 Å². The van der Waals surface area contributed by atoms with Crippen LogP contribution in [0.5, 0.6) is 5.75 Å². The van der Waals surface area contributed by atoms with Crippen molar-refractivity contribution in [2.75, 3.05) is 26.8 Å². The van der Waals surface area contributed by atoms with Gasteiger partial charge in [-0.05, 0) is 53.9 Å². The molecule has 1 aromatic carbocycles. The van der Waals surface area contributed by atoms with Crippen LogP contribution in [0.4, 0.5) is 0 Å². The van der Waals surface area contributed by atoms with Crippen molar-refractivity contribution in [1.29, 1.82) is 0 Å². The Morgan fingerprint density at radius 1 is 1.48 bits per heavy atom. The molecule has 1 fully saturated rings. The molecule has 0 aliphatic carbocycles. The summed E-state index contributed by atoms with van der Waals surface area (Å²) < 4.78 is 11.4. The Kier molecular flexibility index (Phi) is 6.06. The van der Waals surface area contributed by atoms with E-state index in [-0.39, 0.29) is 11.9 Å². The van der Waals surface area contributed by atoms with E-state index in [0.29, 0.717) is 6.61 Å². The van der Waals surface area contributed by atoms with E-state index in [9.17, 15) is 4.79 Å². The molecule has 1 saturated heterocycles. The van der Waals surface area contributed by atoms with Gasteiger partial charge in [0.1, 0.15) is 18.2 Å². The normalized spacial score (nSPS) is 21.9. The minimum absolute atomic E-state index is 0.0365. The molecule has 116 valence electrons. The first kappa shape index (κ1) is 16.3. The number of ether oxygens (including phenoxy) is 2. The van der Waals surface area contributed by atoms with E-state index < -0.39 is 0 Å². The standard InChI is InChI=1S/C16H22BrNO3/c1-3-21-16(19)13-5-4-8-18(11-13)10-12-6-7-15(20-2)14(17)9-12/h6-7,9,13H,3-5,8,10-11H2,1-2H3/p+1/t13-/m1/s1. The molecule has 1 aromatic rings. The van der Waals surface area contributed by atoms with Gasteiger partial charge < -0.3 is 14.4 Å². The zero-order valence-electron chi connectivity index (χ0n) is 12.7. The molecule has 1 aliphatic rings. The Hall–Kier alpha value is -1.07. The summed E-state index contributed by atoms with van der Waals surface area (Å²) in [6, 6.07) is 6.16. The molecule has 5 heteroatoms. The first-order valence-electron chi connectivity index (χ1n) is 7.46. The van der Waals surface area contributed by atoms with Crippen molar-refractivity contribution in [1.82, 2.24) is 0 Å². The van der Waals surface area contributed by atoms with Gasteiger partial charge in [0.25, 0.3) is 0 Å². The Labute approximate surface area is 134 Å². The van der Waals surface area contributed by atoms with Gasteiger partial charge in [0.2, 0.25) is 0 Å². The maximum Gasteiger partial charge on any atom is 0.314 e.